The van der Waals surface area contributed by atoms with E-state index >= 15 is 0 Å². The van der Waals surface area contributed by atoms with Crippen molar-refractivity contribution in [3.8, 4) is 6.07 Å². The second-order valence-corrected chi connectivity index (χ2v) is 5.20. The SMILES string of the molecule is CN(C)CCN(Cc1ccccc1)c1cccc(C#N)n1. The number of nitrogens with zero attached hydrogens (tertiary/aromatic N) is 4. The van der Waals surface area contributed by atoms with Crippen molar-refractivity contribution in [1.29, 1.82) is 5.26 Å². The molecule has 0 amide bonds. The predicted molar refractivity (Wildman–Crippen MR) is 85.0 cm³/mol. The molecule has 0 aliphatic heterocycles. The van der Waals surface area contributed by atoms with Crippen LogP contribution in [0.3, 0.4) is 0 Å². The second-order valence-electron chi connectivity index (χ2n) is 5.20. The van der Waals surface area contributed by atoms with E-state index in [1.165, 1.54) is 5.56 Å². The van der Waals surface area contributed by atoms with Crippen molar-refractivity contribution in [2.75, 3.05) is 32.1 Å². The molecule has 4 heteroatoms. The monoisotopic (exact) mass is 280 g/mol. The highest BCUT2D eigenvalue weighted by Crippen LogP contribution is 2.15. The zero-order valence-electron chi connectivity index (χ0n) is 12.5. The van der Waals surface area contributed by atoms with E-state index in [1.54, 1.807) is 6.07 Å². The molecule has 0 aliphatic rings. The highest BCUT2D eigenvalue weighted by molar-refractivity contribution is 5.42. The molecule has 4 nitrogen and oxygen atoms in total. The van der Waals surface area contributed by atoms with Crippen LogP contribution < -0.4 is 4.90 Å². The summed E-state index contributed by atoms with van der Waals surface area (Å²) in [6, 6.07) is 18.0. The summed E-state index contributed by atoms with van der Waals surface area (Å²) in [6.45, 7) is 2.59. The molecule has 2 aromatic rings. The Labute approximate surface area is 126 Å². The fourth-order valence-electron chi connectivity index (χ4n) is 2.06. The third-order valence-electron chi connectivity index (χ3n) is 3.21. The number of hydrogen-bond donors (Lipinski definition) is 0. The van der Waals surface area contributed by atoms with E-state index in [9.17, 15) is 0 Å². The Kier molecular flexibility index (Phi) is 5.30. The van der Waals surface area contributed by atoms with Crippen LogP contribution in [0.15, 0.2) is 48.5 Å². The maximum atomic E-state index is 9.01. The molecule has 0 unspecified atom stereocenters. The average molecular weight is 280 g/mol. The summed E-state index contributed by atoms with van der Waals surface area (Å²) >= 11 is 0. The lowest BCUT2D eigenvalue weighted by atomic mass is 10.2. The molecular weight excluding hydrogens is 260 g/mol. The molecule has 0 bridgehead atoms. The minimum absolute atomic E-state index is 0.454. The normalized spacial score (nSPS) is 10.4. The van der Waals surface area contributed by atoms with Crippen molar-refractivity contribution < 1.29 is 0 Å². The molecule has 0 saturated carbocycles. The van der Waals surface area contributed by atoms with Gasteiger partial charge in [-0.3, -0.25) is 0 Å². The molecule has 1 aromatic heterocycles. The van der Waals surface area contributed by atoms with Crippen LogP contribution in [0.25, 0.3) is 0 Å². The molecule has 0 fully saturated rings. The minimum Gasteiger partial charge on any atom is -0.351 e. The number of anilines is 1. The van der Waals surface area contributed by atoms with E-state index in [0.29, 0.717) is 5.69 Å². The summed E-state index contributed by atoms with van der Waals surface area (Å²) in [4.78, 5) is 8.76. The van der Waals surface area contributed by atoms with Gasteiger partial charge in [0.15, 0.2) is 0 Å². The number of benzene rings is 1. The van der Waals surface area contributed by atoms with Gasteiger partial charge in [0, 0.05) is 19.6 Å². The summed E-state index contributed by atoms with van der Waals surface area (Å²) in [5.41, 5.74) is 1.69. The van der Waals surface area contributed by atoms with Crippen molar-refractivity contribution in [2.45, 2.75) is 6.54 Å². The van der Waals surface area contributed by atoms with Gasteiger partial charge in [-0.05, 0) is 31.8 Å². The number of rotatable bonds is 6. The van der Waals surface area contributed by atoms with Crippen LogP contribution >= 0.6 is 0 Å². The van der Waals surface area contributed by atoms with Crippen molar-refractivity contribution in [3.05, 3.63) is 59.8 Å². The van der Waals surface area contributed by atoms with Gasteiger partial charge in [-0.15, -0.1) is 0 Å². The molecule has 1 aromatic carbocycles. The lowest BCUT2D eigenvalue weighted by Crippen LogP contribution is -2.32. The maximum Gasteiger partial charge on any atom is 0.142 e. The first-order chi connectivity index (χ1) is 10.2. The van der Waals surface area contributed by atoms with Crippen LogP contribution in [0.5, 0.6) is 0 Å². The summed E-state index contributed by atoms with van der Waals surface area (Å²) < 4.78 is 0. The Morgan fingerprint density at radius 1 is 1.00 bits per heavy atom. The van der Waals surface area contributed by atoms with Gasteiger partial charge in [-0.1, -0.05) is 36.4 Å². The number of hydrogen-bond acceptors (Lipinski definition) is 4. The predicted octanol–water partition coefficient (Wildman–Crippen LogP) is 2.52. The molecule has 0 atom stereocenters. The Morgan fingerprint density at radius 3 is 2.43 bits per heavy atom. The highest BCUT2D eigenvalue weighted by atomic mass is 15.2. The van der Waals surface area contributed by atoms with Gasteiger partial charge in [0.05, 0.1) is 0 Å². The van der Waals surface area contributed by atoms with Crippen molar-refractivity contribution in [3.63, 3.8) is 0 Å². The first-order valence-corrected chi connectivity index (χ1v) is 7.00. The first-order valence-electron chi connectivity index (χ1n) is 7.00. The topological polar surface area (TPSA) is 43.2 Å². The van der Waals surface area contributed by atoms with Crippen LogP contribution in [-0.4, -0.2) is 37.1 Å². The lowest BCUT2D eigenvalue weighted by Gasteiger charge is -2.25. The molecule has 108 valence electrons. The summed E-state index contributed by atoms with van der Waals surface area (Å²) in [5.74, 6) is 0.847. The molecule has 2 rings (SSSR count). The van der Waals surface area contributed by atoms with E-state index in [1.807, 2.05) is 30.3 Å². The van der Waals surface area contributed by atoms with Crippen molar-refractivity contribution in [2.24, 2.45) is 0 Å². The minimum atomic E-state index is 0.454. The number of nitriles is 1. The van der Waals surface area contributed by atoms with E-state index in [0.717, 1.165) is 25.5 Å². The lowest BCUT2D eigenvalue weighted by molar-refractivity contribution is 0.412. The zero-order valence-corrected chi connectivity index (χ0v) is 12.5. The van der Waals surface area contributed by atoms with Gasteiger partial charge in [0.2, 0.25) is 0 Å². The van der Waals surface area contributed by atoms with Gasteiger partial charge in [-0.2, -0.15) is 5.26 Å². The number of likely N-dealkylation sites (N-methyl/N-ethyl adjacent to an activating group) is 1. The molecular formula is C17H20N4. The van der Waals surface area contributed by atoms with Gasteiger partial charge >= 0.3 is 0 Å². The molecule has 21 heavy (non-hydrogen) atoms. The van der Waals surface area contributed by atoms with Gasteiger partial charge in [0.1, 0.15) is 17.6 Å². The number of aromatic nitrogens is 1. The molecule has 0 saturated heterocycles. The third-order valence-corrected chi connectivity index (χ3v) is 3.21. The summed E-state index contributed by atoms with van der Waals surface area (Å²) in [7, 11) is 4.11. The molecule has 0 aliphatic carbocycles. The van der Waals surface area contributed by atoms with Crippen LogP contribution in [-0.2, 0) is 6.54 Å². The molecule has 1 heterocycles. The van der Waals surface area contributed by atoms with Crippen LogP contribution in [0.2, 0.25) is 0 Å². The van der Waals surface area contributed by atoms with E-state index < -0.39 is 0 Å². The number of pyridine rings is 1. The molecule has 0 N–H and O–H groups in total. The Hall–Kier alpha value is -2.38. The van der Waals surface area contributed by atoms with Crippen molar-refractivity contribution >= 4 is 5.82 Å². The smallest absolute Gasteiger partial charge is 0.142 e. The largest absolute Gasteiger partial charge is 0.351 e. The third kappa shape index (κ3) is 4.59. The van der Waals surface area contributed by atoms with Crippen molar-refractivity contribution in [1.82, 2.24) is 9.88 Å². The summed E-state index contributed by atoms with van der Waals surface area (Å²) in [5, 5.41) is 9.01. The second kappa shape index (κ2) is 7.41. The Morgan fingerprint density at radius 2 is 1.76 bits per heavy atom. The molecule has 0 spiro atoms. The van der Waals surface area contributed by atoms with Gasteiger partial charge in [-0.25, -0.2) is 4.98 Å². The van der Waals surface area contributed by atoms with E-state index in [-0.39, 0.29) is 0 Å². The van der Waals surface area contributed by atoms with Crippen LogP contribution in [0, 0.1) is 11.3 Å². The Bertz CT molecular complexity index is 602. The van der Waals surface area contributed by atoms with Gasteiger partial charge in [0.25, 0.3) is 0 Å². The fourth-order valence-corrected chi connectivity index (χ4v) is 2.06. The average Bonchev–Trinajstić information content (AvgIpc) is 2.52. The van der Waals surface area contributed by atoms with Crippen LogP contribution in [0.1, 0.15) is 11.3 Å². The molecule has 0 radical (unpaired) electrons. The standard InChI is InChI=1S/C17H20N4/c1-20(2)11-12-21(14-15-7-4-3-5-8-15)17-10-6-9-16(13-18)19-17/h3-10H,11-12,14H2,1-2H3. The summed E-state index contributed by atoms with van der Waals surface area (Å²) in [6.07, 6.45) is 0. The highest BCUT2D eigenvalue weighted by Gasteiger charge is 2.10. The van der Waals surface area contributed by atoms with Crippen LogP contribution in [0.4, 0.5) is 5.82 Å². The van der Waals surface area contributed by atoms with E-state index in [2.05, 4.69) is 47.1 Å². The zero-order chi connectivity index (χ0) is 15.1. The first kappa shape index (κ1) is 15.0. The maximum absolute atomic E-state index is 9.01. The van der Waals surface area contributed by atoms with Gasteiger partial charge < -0.3 is 9.80 Å². The Balaban J connectivity index is 2.20. The quantitative estimate of drug-likeness (QED) is 0.815. The van der Waals surface area contributed by atoms with E-state index in [4.69, 9.17) is 5.26 Å². The fraction of sp³-hybridized carbons (Fsp3) is 0.294.